The number of allylic oxidation sites excluding steroid dienone is 2. The minimum atomic E-state index is 0.753. The van der Waals surface area contributed by atoms with Crippen LogP contribution < -0.4 is 0 Å². The van der Waals surface area contributed by atoms with Gasteiger partial charge in [0.05, 0.1) is 0 Å². The molecule has 0 aromatic rings. The molecule has 0 nitrogen and oxygen atoms in total. The fourth-order valence-corrected chi connectivity index (χ4v) is 6.08. The molecule has 0 heterocycles. The van der Waals surface area contributed by atoms with Gasteiger partial charge in [-0.1, -0.05) is 105 Å². The molecule has 0 aliphatic heterocycles. The quantitative estimate of drug-likeness (QED) is 0.168. The van der Waals surface area contributed by atoms with Crippen LogP contribution in [0.3, 0.4) is 0 Å². The Labute approximate surface area is 184 Å². The fourth-order valence-electron chi connectivity index (χ4n) is 6.08. The molecule has 2 aliphatic rings. The summed E-state index contributed by atoms with van der Waals surface area (Å²) in [6.07, 6.45) is 23.7. The highest BCUT2D eigenvalue weighted by molar-refractivity contribution is 4.95. The van der Waals surface area contributed by atoms with Crippen LogP contribution in [0.25, 0.3) is 0 Å². The van der Waals surface area contributed by atoms with Crippen LogP contribution in [-0.2, 0) is 0 Å². The van der Waals surface area contributed by atoms with E-state index >= 15 is 0 Å². The van der Waals surface area contributed by atoms with Crippen molar-refractivity contribution in [3.63, 3.8) is 0 Å². The van der Waals surface area contributed by atoms with Gasteiger partial charge in [0.2, 0.25) is 0 Å². The van der Waals surface area contributed by atoms with Crippen LogP contribution in [0.5, 0.6) is 0 Å². The van der Waals surface area contributed by atoms with Gasteiger partial charge < -0.3 is 0 Å². The number of unbranched alkanes of at least 4 members (excludes halogenated alkanes) is 4. The molecule has 0 aromatic carbocycles. The topological polar surface area (TPSA) is 0 Å². The molecule has 0 N–H and O–H groups in total. The van der Waals surface area contributed by atoms with Crippen LogP contribution in [0.4, 0.5) is 0 Å². The Morgan fingerprint density at radius 3 is 2.17 bits per heavy atom. The zero-order valence-corrected chi connectivity index (χ0v) is 21.0. The molecule has 2 rings (SSSR count). The maximum Gasteiger partial charge on any atom is -0.0231 e. The summed E-state index contributed by atoms with van der Waals surface area (Å²) in [5.41, 5.74) is 0. The third-order valence-corrected chi connectivity index (χ3v) is 8.63. The molecule has 2 aliphatic carbocycles. The van der Waals surface area contributed by atoms with E-state index in [4.69, 9.17) is 0 Å². The largest absolute Gasteiger partial charge is 0.0885 e. The van der Waals surface area contributed by atoms with Gasteiger partial charge in [0, 0.05) is 0 Å². The summed E-state index contributed by atoms with van der Waals surface area (Å²) in [4.78, 5) is 0. The fraction of sp³-hybridized carbons (Fsp3) is 0.931. The lowest BCUT2D eigenvalue weighted by molar-refractivity contribution is 0.247. The highest BCUT2D eigenvalue weighted by Crippen LogP contribution is 2.54. The van der Waals surface area contributed by atoms with Crippen molar-refractivity contribution in [3.8, 4) is 0 Å². The molecule has 170 valence electrons. The van der Waals surface area contributed by atoms with Crippen LogP contribution in [0.2, 0.25) is 0 Å². The zero-order chi connectivity index (χ0) is 21.2. The highest BCUT2D eigenvalue weighted by Gasteiger charge is 2.45. The molecule has 0 radical (unpaired) electrons. The third kappa shape index (κ3) is 9.18. The van der Waals surface area contributed by atoms with Gasteiger partial charge in [-0.25, -0.2) is 0 Å². The third-order valence-electron chi connectivity index (χ3n) is 8.63. The molecule has 2 fully saturated rings. The molecule has 0 bridgehead atoms. The normalized spacial score (nSPS) is 30.3. The standard InChI is InChI=1S/C29H54/c1-7-9-12-18-28(22(3)15-10-8-2)23(4)16-13-11-14-17-24(5)29-21-27(29)20-26-19-25(26)6/h10,15,22-29H,7-9,11-14,16-21H2,1-6H3. The average molecular weight is 403 g/mol. The summed E-state index contributed by atoms with van der Waals surface area (Å²) in [6, 6.07) is 0. The Morgan fingerprint density at radius 2 is 1.52 bits per heavy atom. The number of hydrogen-bond acceptors (Lipinski definition) is 0. The Balaban J connectivity index is 1.59. The lowest BCUT2D eigenvalue weighted by Gasteiger charge is -2.28. The molecule has 8 atom stereocenters. The predicted molar refractivity (Wildman–Crippen MR) is 131 cm³/mol. The molecule has 0 amide bonds. The first-order chi connectivity index (χ1) is 14.0. The Bertz CT molecular complexity index is 449. The van der Waals surface area contributed by atoms with Crippen molar-refractivity contribution >= 4 is 0 Å². The minimum Gasteiger partial charge on any atom is -0.0885 e. The van der Waals surface area contributed by atoms with Crippen LogP contribution in [-0.4, -0.2) is 0 Å². The molecular formula is C29H54. The van der Waals surface area contributed by atoms with E-state index < -0.39 is 0 Å². The maximum atomic E-state index is 2.55. The monoisotopic (exact) mass is 402 g/mol. The van der Waals surface area contributed by atoms with Crippen molar-refractivity contribution in [2.75, 3.05) is 0 Å². The van der Waals surface area contributed by atoms with E-state index in [9.17, 15) is 0 Å². The average Bonchev–Trinajstić information content (AvgIpc) is 3.61. The predicted octanol–water partition coefficient (Wildman–Crippen LogP) is 9.69. The van der Waals surface area contributed by atoms with Crippen LogP contribution in [0, 0.1) is 47.3 Å². The maximum absolute atomic E-state index is 2.55. The summed E-state index contributed by atoms with van der Waals surface area (Å²) in [5, 5.41) is 0. The summed E-state index contributed by atoms with van der Waals surface area (Å²) >= 11 is 0. The summed E-state index contributed by atoms with van der Waals surface area (Å²) in [5.74, 6) is 7.89. The molecule has 0 saturated heterocycles. The Morgan fingerprint density at radius 1 is 0.828 bits per heavy atom. The van der Waals surface area contributed by atoms with Gasteiger partial charge in [0.15, 0.2) is 0 Å². The van der Waals surface area contributed by atoms with Crippen LogP contribution >= 0.6 is 0 Å². The van der Waals surface area contributed by atoms with Gasteiger partial charge in [0.1, 0.15) is 0 Å². The first kappa shape index (κ1) is 25.0. The first-order valence-electron chi connectivity index (χ1n) is 13.6. The number of hydrogen-bond donors (Lipinski definition) is 0. The molecule has 2 saturated carbocycles. The first-order valence-corrected chi connectivity index (χ1v) is 13.6. The minimum absolute atomic E-state index is 0.753. The van der Waals surface area contributed by atoms with E-state index in [0.717, 1.165) is 47.3 Å². The van der Waals surface area contributed by atoms with Gasteiger partial charge in [-0.2, -0.15) is 0 Å². The van der Waals surface area contributed by atoms with Crippen LogP contribution in [0.1, 0.15) is 125 Å². The molecule has 29 heavy (non-hydrogen) atoms. The molecule has 0 heteroatoms. The van der Waals surface area contributed by atoms with Gasteiger partial charge in [-0.05, 0) is 79.4 Å². The molecule has 8 unspecified atom stereocenters. The van der Waals surface area contributed by atoms with E-state index in [1.165, 1.54) is 70.6 Å². The van der Waals surface area contributed by atoms with Crippen LogP contribution in [0.15, 0.2) is 12.2 Å². The molecular weight excluding hydrogens is 348 g/mol. The van der Waals surface area contributed by atoms with E-state index in [1.54, 1.807) is 12.8 Å². The van der Waals surface area contributed by atoms with E-state index in [2.05, 4.69) is 53.7 Å². The highest BCUT2D eigenvalue weighted by atomic mass is 14.5. The van der Waals surface area contributed by atoms with Crippen molar-refractivity contribution in [3.05, 3.63) is 12.2 Å². The lowest BCUT2D eigenvalue weighted by atomic mass is 9.77. The van der Waals surface area contributed by atoms with Crippen molar-refractivity contribution in [2.45, 2.75) is 125 Å². The zero-order valence-electron chi connectivity index (χ0n) is 21.0. The van der Waals surface area contributed by atoms with E-state index in [-0.39, 0.29) is 0 Å². The SMILES string of the molecule is CCC=CC(C)C(CCCCC)C(C)CCCCCC(C)C1CC1CC1CC1C. The molecule has 0 aromatic heterocycles. The van der Waals surface area contributed by atoms with Gasteiger partial charge in [0.25, 0.3) is 0 Å². The molecule has 0 spiro atoms. The van der Waals surface area contributed by atoms with Crippen molar-refractivity contribution in [1.29, 1.82) is 0 Å². The second-order valence-corrected chi connectivity index (χ2v) is 11.3. The van der Waals surface area contributed by atoms with Gasteiger partial charge in [-0.15, -0.1) is 0 Å². The summed E-state index contributed by atoms with van der Waals surface area (Å²) in [6.45, 7) is 14.6. The van der Waals surface area contributed by atoms with Crippen molar-refractivity contribution in [2.24, 2.45) is 47.3 Å². The second-order valence-electron chi connectivity index (χ2n) is 11.3. The van der Waals surface area contributed by atoms with Crippen molar-refractivity contribution < 1.29 is 0 Å². The van der Waals surface area contributed by atoms with Gasteiger partial charge in [-0.3, -0.25) is 0 Å². The van der Waals surface area contributed by atoms with Crippen molar-refractivity contribution in [1.82, 2.24) is 0 Å². The number of rotatable bonds is 17. The van der Waals surface area contributed by atoms with Gasteiger partial charge >= 0.3 is 0 Å². The Hall–Kier alpha value is -0.260. The second kappa shape index (κ2) is 13.2. The summed E-state index contributed by atoms with van der Waals surface area (Å²) < 4.78 is 0. The summed E-state index contributed by atoms with van der Waals surface area (Å²) in [7, 11) is 0. The Kier molecular flexibility index (Phi) is 11.4. The smallest absolute Gasteiger partial charge is 0.0231 e. The van der Waals surface area contributed by atoms with E-state index in [1.807, 2.05) is 0 Å². The van der Waals surface area contributed by atoms with E-state index in [0.29, 0.717) is 0 Å². The lowest BCUT2D eigenvalue weighted by Crippen LogP contribution is -2.19.